The molecule has 2 aromatic heterocycles. The molecule has 1 saturated heterocycles. The number of aromatic nitrogens is 2. The Balaban J connectivity index is 1.72. The van der Waals surface area contributed by atoms with Crippen molar-refractivity contribution in [3.63, 3.8) is 0 Å². The monoisotopic (exact) mass is 340 g/mol. The van der Waals surface area contributed by atoms with Crippen LogP contribution in [0.25, 0.3) is 0 Å². The van der Waals surface area contributed by atoms with Crippen LogP contribution in [0.1, 0.15) is 16.8 Å². The lowest BCUT2D eigenvalue weighted by atomic mass is 10.3. The van der Waals surface area contributed by atoms with E-state index in [0.717, 1.165) is 0 Å². The van der Waals surface area contributed by atoms with Crippen molar-refractivity contribution in [1.82, 2.24) is 19.2 Å². The standard InChI is InChI=1S/C13H16N4O3S2/c18-13(11-2-7-21-9-11)16-3-1-4-17(6-5-16)22(19,20)12-8-14-10-15-12/h2,7-10H,1,3-6H2,(H,14,15). The van der Waals surface area contributed by atoms with Crippen LogP contribution in [0.15, 0.2) is 34.4 Å². The van der Waals surface area contributed by atoms with Gasteiger partial charge in [0.05, 0.1) is 18.1 Å². The van der Waals surface area contributed by atoms with Gasteiger partial charge < -0.3 is 9.88 Å². The van der Waals surface area contributed by atoms with E-state index in [1.807, 2.05) is 10.8 Å². The first-order valence-electron chi connectivity index (χ1n) is 6.89. The maximum absolute atomic E-state index is 12.5. The van der Waals surface area contributed by atoms with Gasteiger partial charge in [-0.15, -0.1) is 0 Å². The van der Waals surface area contributed by atoms with Gasteiger partial charge in [-0.25, -0.2) is 13.4 Å². The molecule has 7 nitrogen and oxygen atoms in total. The first-order valence-corrected chi connectivity index (χ1v) is 9.27. The van der Waals surface area contributed by atoms with Gasteiger partial charge in [-0.05, 0) is 17.9 Å². The summed E-state index contributed by atoms with van der Waals surface area (Å²) in [7, 11) is -3.57. The van der Waals surface area contributed by atoms with Crippen molar-refractivity contribution in [2.24, 2.45) is 0 Å². The molecule has 1 fully saturated rings. The number of hydrogen-bond acceptors (Lipinski definition) is 5. The topological polar surface area (TPSA) is 86.4 Å². The number of amides is 1. The van der Waals surface area contributed by atoms with E-state index in [-0.39, 0.29) is 17.5 Å². The van der Waals surface area contributed by atoms with Gasteiger partial charge in [-0.3, -0.25) is 4.79 Å². The van der Waals surface area contributed by atoms with Crippen molar-refractivity contribution in [2.45, 2.75) is 11.4 Å². The molecule has 1 aliphatic rings. The number of aromatic amines is 1. The highest BCUT2D eigenvalue weighted by Crippen LogP contribution is 2.17. The third-order valence-corrected chi connectivity index (χ3v) is 6.11. The smallest absolute Gasteiger partial charge is 0.260 e. The first kappa shape index (κ1) is 15.2. The molecule has 0 atom stereocenters. The van der Waals surface area contributed by atoms with Crippen LogP contribution in [-0.2, 0) is 10.0 Å². The molecule has 0 saturated carbocycles. The van der Waals surface area contributed by atoms with Crippen LogP contribution in [0.5, 0.6) is 0 Å². The van der Waals surface area contributed by atoms with E-state index in [1.54, 1.807) is 11.0 Å². The highest BCUT2D eigenvalue weighted by atomic mass is 32.2. The molecule has 0 bridgehead atoms. The number of nitrogens with zero attached hydrogens (tertiary/aromatic N) is 3. The number of carbonyl (C=O) groups excluding carboxylic acids is 1. The number of H-pyrrole nitrogens is 1. The van der Waals surface area contributed by atoms with Gasteiger partial charge >= 0.3 is 0 Å². The largest absolute Gasteiger partial charge is 0.337 e. The molecule has 1 aliphatic heterocycles. The summed E-state index contributed by atoms with van der Waals surface area (Å²) in [6.45, 7) is 1.64. The number of carbonyl (C=O) groups is 1. The SMILES string of the molecule is O=C(c1ccsc1)N1CCCN(S(=O)(=O)c2cnc[nH]2)CC1. The minimum Gasteiger partial charge on any atom is -0.337 e. The number of thiophene rings is 1. The minimum absolute atomic E-state index is 0.0398. The summed E-state index contributed by atoms with van der Waals surface area (Å²) < 4.78 is 26.3. The molecule has 0 aliphatic carbocycles. The molecule has 3 heterocycles. The quantitative estimate of drug-likeness (QED) is 0.903. The summed E-state index contributed by atoms with van der Waals surface area (Å²) in [5.74, 6) is -0.0398. The molecule has 9 heteroatoms. The fraction of sp³-hybridized carbons (Fsp3) is 0.385. The summed E-state index contributed by atoms with van der Waals surface area (Å²) in [5, 5.41) is 3.76. The third-order valence-electron chi connectivity index (χ3n) is 3.60. The van der Waals surface area contributed by atoms with Gasteiger partial charge in [0.15, 0.2) is 5.03 Å². The van der Waals surface area contributed by atoms with Crippen LogP contribution in [0.3, 0.4) is 0 Å². The fourth-order valence-corrected chi connectivity index (χ4v) is 4.42. The number of sulfonamides is 1. The molecule has 2 aromatic rings. The number of imidazole rings is 1. The predicted molar refractivity (Wildman–Crippen MR) is 82.2 cm³/mol. The van der Waals surface area contributed by atoms with Crippen molar-refractivity contribution < 1.29 is 13.2 Å². The van der Waals surface area contributed by atoms with Gasteiger partial charge in [0.2, 0.25) is 0 Å². The fourth-order valence-electron chi connectivity index (χ4n) is 2.43. The van der Waals surface area contributed by atoms with Crippen LogP contribution >= 0.6 is 11.3 Å². The first-order chi connectivity index (χ1) is 10.6. The van der Waals surface area contributed by atoms with Crippen molar-refractivity contribution in [3.8, 4) is 0 Å². The molecule has 0 unspecified atom stereocenters. The summed E-state index contributed by atoms with van der Waals surface area (Å²) in [6, 6.07) is 1.79. The summed E-state index contributed by atoms with van der Waals surface area (Å²) in [6.07, 6.45) is 3.26. The Kier molecular flexibility index (Phi) is 4.27. The Morgan fingerprint density at radius 3 is 2.82 bits per heavy atom. The molecule has 0 spiro atoms. The van der Waals surface area contributed by atoms with Crippen molar-refractivity contribution in [2.75, 3.05) is 26.2 Å². The Bertz CT molecular complexity index is 725. The van der Waals surface area contributed by atoms with E-state index in [0.29, 0.717) is 31.6 Å². The molecule has 1 N–H and O–H groups in total. The average molecular weight is 340 g/mol. The second-order valence-corrected chi connectivity index (χ2v) is 7.66. The highest BCUT2D eigenvalue weighted by molar-refractivity contribution is 7.89. The van der Waals surface area contributed by atoms with Crippen LogP contribution in [0.4, 0.5) is 0 Å². The Morgan fingerprint density at radius 2 is 2.14 bits per heavy atom. The lowest BCUT2D eigenvalue weighted by molar-refractivity contribution is 0.0765. The molecular formula is C13H16N4O3S2. The van der Waals surface area contributed by atoms with E-state index in [4.69, 9.17) is 0 Å². The number of rotatable bonds is 3. The van der Waals surface area contributed by atoms with Crippen molar-refractivity contribution >= 4 is 27.3 Å². The van der Waals surface area contributed by atoms with E-state index in [9.17, 15) is 13.2 Å². The second kappa shape index (κ2) is 6.19. The van der Waals surface area contributed by atoms with Crippen LogP contribution in [0.2, 0.25) is 0 Å². The lowest BCUT2D eigenvalue weighted by Crippen LogP contribution is -2.37. The molecule has 118 valence electrons. The molecule has 3 rings (SSSR count). The van der Waals surface area contributed by atoms with Gasteiger partial charge in [0.1, 0.15) is 0 Å². The van der Waals surface area contributed by atoms with Crippen LogP contribution in [0, 0.1) is 0 Å². The minimum atomic E-state index is -3.57. The Morgan fingerprint density at radius 1 is 1.27 bits per heavy atom. The summed E-state index contributed by atoms with van der Waals surface area (Å²) >= 11 is 1.48. The lowest BCUT2D eigenvalue weighted by Gasteiger charge is -2.21. The Hall–Kier alpha value is -1.71. The normalized spacial score (nSPS) is 17.4. The highest BCUT2D eigenvalue weighted by Gasteiger charge is 2.29. The molecule has 0 radical (unpaired) electrons. The zero-order chi connectivity index (χ0) is 15.6. The van der Waals surface area contributed by atoms with E-state index < -0.39 is 10.0 Å². The molecular weight excluding hydrogens is 324 g/mol. The number of nitrogens with one attached hydrogen (secondary N) is 1. The summed E-state index contributed by atoms with van der Waals surface area (Å²) in [4.78, 5) is 20.5. The maximum Gasteiger partial charge on any atom is 0.260 e. The average Bonchev–Trinajstić information content (AvgIpc) is 3.16. The van der Waals surface area contributed by atoms with Gasteiger partial charge in [0, 0.05) is 31.6 Å². The molecule has 22 heavy (non-hydrogen) atoms. The maximum atomic E-state index is 12.5. The second-order valence-electron chi connectivity index (χ2n) is 4.98. The van der Waals surface area contributed by atoms with Crippen LogP contribution in [-0.4, -0.2) is 59.7 Å². The van der Waals surface area contributed by atoms with Crippen molar-refractivity contribution in [1.29, 1.82) is 0 Å². The predicted octanol–water partition coefficient (Wildman–Crippen LogP) is 1.01. The summed E-state index contributed by atoms with van der Waals surface area (Å²) in [5.41, 5.74) is 0.662. The van der Waals surface area contributed by atoms with E-state index in [2.05, 4.69) is 9.97 Å². The molecule has 1 amide bonds. The zero-order valence-corrected chi connectivity index (χ0v) is 13.4. The van der Waals surface area contributed by atoms with Gasteiger partial charge in [0.25, 0.3) is 15.9 Å². The third kappa shape index (κ3) is 2.92. The van der Waals surface area contributed by atoms with Crippen molar-refractivity contribution in [3.05, 3.63) is 34.9 Å². The zero-order valence-electron chi connectivity index (χ0n) is 11.8. The number of hydrogen-bond donors (Lipinski definition) is 1. The molecule has 0 aromatic carbocycles. The van der Waals surface area contributed by atoms with Crippen LogP contribution < -0.4 is 0 Å². The van der Waals surface area contributed by atoms with E-state index in [1.165, 1.54) is 28.2 Å². The Labute approximate surface area is 132 Å². The van der Waals surface area contributed by atoms with E-state index >= 15 is 0 Å². The van der Waals surface area contributed by atoms with Gasteiger partial charge in [-0.2, -0.15) is 15.6 Å². The van der Waals surface area contributed by atoms with Gasteiger partial charge in [-0.1, -0.05) is 0 Å².